The molecule has 0 fully saturated rings. The first-order chi connectivity index (χ1) is 5.34. The molecule has 0 unspecified atom stereocenters. The highest BCUT2D eigenvalue weighted by atomic mass is 16.1. The Balaban J connectivity index is 2.92. The van der Waals surface area contributed by atoms with Gasteiger partial charge in [-0.15, -0.1) is 5.92 Å². The summed E-state index contributed by atoms with van der Waals surface area (Å²) in [6.45, 7) is 2.24. The smallest absolute Gasteiger partial charge is 0.251 e. The summed E-state index contributed by atoms with van der Waals surface area (Å²) in [5, 5.41) is 0. The van der Waals surface area contributed by atoms with Gasteiger partial charge in [0.25, 0.3) is 5.56 Å². The molecular formula is C9H9NO. The zero-order valence-corrected chi connectivity index (χ0v) is 6.37. The first kappa shape index (κ1) is 7.62. The minimum absolute atomic E-state index is 0.00440. The molecule has 0 radical (unpaired) electrons. The third-order valence-corrected chi connectivity index (χ3v) is 1.33. The fourth-order valence-corrected chi connectivity index (χ4v) is 0.756. The lowest BCUT2D eigenvalue weighted by Crippen LogP contribution is -2.16. The Morgan fingerprint density at radius 2 is 2.36 bits per heavy atom. The molecule has 11 heavy (non-hydrogen) atoms. The van der Waals surface area contributed by atoms with Crippen LogP contribution in [-0.2, 0) is 6.54 Å². The molecule has 2 nitrogen and oxygen atoms in total. The van der Waals surface area contributed by atoms with Gasteiger partial charge in [0, 0.05) is 12.3 Å². The van der Waals surface area contributed by atoms with Gasteiger partial charge in [-0.05, 0) is 13.0 Å². The summed E-state index contributed by atoms with van der Waals surface area (Å²) in [4.78, 5) is 11.0. The minimum atomic E-state index is -0.00440. The van der Waals surface area contributed by atoms with Crippen LogP contribution < -0.4 is 5.56 Å². The molecule has 1 heterocycles. The Morgan fingerprint density at radius 3 is 3.00 bits per heavy atom. The molecule has 2 heteroatoms. The van der Waals surface area contributed by atoms with E-state index in [4.69, 9.17) is 0 Å². The lowest BCUT2D eigenvalue weighted by molar-refractivity contribution is 0.796. The van der Waals surface area contributed by atoms with Crippen LogP contribution in [0.25, 0.3) is 0 Å². The Kier molecular flexibility index (Phi) is 2.51. The summed E-state index contributed by atoms with van der Waals surface area (Å²) in [5.74, 6) is 5.55. The van der Waals surface area contributed by atoms with Crippen LogP contribution in [-0.4, -0.2) is 4.57 Å². The third-order valence-electron chi connectivity index (χ3n) is 1.33. The van der Waals surface area contributed by atoms with Gasteiger partial charge in [0.15, 0.2) is 0 Å². The summed E-state index contributed by atoms with van der Waals surface area (Å²) in [7, 11) is 0. The van der Waals surface area contributed by atoms with Gasteiger partial charge in [0.1, 0.15) is 0 Å². The largest absolute Gasteiger partial charge is 0.304 e. The molecule has 0 N–H and O–H groups in total. The summed E-state index contributed by atoms with van der Waals surface area (Å²) in [6.07, 6.45) is 1.73. The van der Waals surface area contributed by atoms with E-state index in [9.17, 15) is 4.79 Å². The van der Waals surface area contributed by atoms with Crippen molar-refractivity contribution in [2.75, 3.05) is 0 Å². The number of nitrogens with zero attached hydrogens (tertiary/aromatic N) is 1. The monoisotopic (exact) mass is 147 g/mol. The van der Waals surface area contributed by atoms with Crippen LogP contribution in [0.2, 0.25) is 0 Å². The molecule has 0 spiro atoms. The number of hydrogen-bond donors (Lipinski definition) is 0. The van der Waals surface area contributed by atoms with E-state index < -0.39 is 0 Å². The van der Waals surface area contributed by atoms with Gasteiger partial charge in [-0.1, -0.05) is 12.0 Å². The van der Waals surface area contributed by atoms with E-state index >= 15 is 0 Å². The van der Waals surface area contributed by atoms with Gasteiger partial charge >= 0.3 is 0 Å². The molecule has 0 atom stereocenters. The molecule has 0 aliphatic heterocycles. The maximum absolute atomic E-state index is 11.0. The van der Waals surface area contributed by atoms with Crippen molar-refractivity contribution < 1.29 is 0 Å². The van der Waals surface area contributed by atoms with Crippen LogP contribution in [0.15, 0.2) is 29.2 Å². The van der Waals surface area contributed by atoms with Crippen LogP contribution in [0.3, 0.4) is 0 Å². The number of hydrogen-bond acceptors (Lipinski definition) is 1. The molecule has 0 saturated heterocycles. The van der Waals surface area contributed by atoms with Gasteiger partial charge in [-0.25, -0.2) is 0 Å². The van der Waals surface area contributed by atoms with E-state index in [1.54, 1.807) is 23.8 Å². The molecule has 1 rings (SSSR count). The molecule has 0 aliphatic carbocycles. The van der Waals surface area contributed by atoms with Crippen LogP contribution in [0.1, 0.15) is 6.92 Å². The molecule has 56 valence electrons. The second kappa shape index (κ2) is 3.62. The van der Waals surface area contributed by atoms with E-state index in [-0.39, 0.29) is 5.56 Å². The van der Waals surface area contributed by atoms with Crippen molar-refractivity contribution in [2.45, 2.75) is 13.5 Å². The Bertz CT molecular complexity index is 340. The summed E-state index contributed by atoms with van der Waals surface area (Å²) < 4.78 is 1.57. The number of aromatic nitrogens is 1. The first-order valence-corrected chi connectivity index (χ1v) is 3.39. The van der Waals surface area contributed by atoms with E-state index in [0.29, 0.717) is 6.54 Å². The maximum atomic E-state index is 11.0. The maximum Gasteiger partial charge on any atom is 0.251 e. The van der Waals surface area contributed by atoms with Gasteiger partial charge in [-0.2, -0.15) is 0 Å². The topological polar surface area (TPSA) is 22.0 Å². The van der Waals surface area contributed by atoms with Gasteiger partial charge in [-0.3, -0.25) is 4.79 Å². The van der Waals surface area contributed by atoms with Crippen molar-refractivity contribution in [1.29, 1.82) is 0 Å². The van der Waals surface area contributed by atoms with Gasteiger partial charge in [0.2, 0.25) is 0 Å². The van der Waals surface area contributed by atoms with E-state index in [0.717, 1.165) is 0 Å². The van der Waals surface area contributed by atoms with E-state index in [1.165, 1.54) is 6.07 Å². The van der Waals surface area contributed by atoms with Crippen molar-refractivity contribution in [2.24, 2.45) is 0 Å². The highest BCUT2D eigenvalue weighted by molar-refractivity contribution is 4.99. The Morgan fingerprint density at radius 1 is 1.55 bits per heavy atom. The second-order valence-corrected chi connectivity index (χ2v) is 2.09. The van der Waals surface area contributed by atoms with Crippen molar-refractivity contribution >= 4 is 0 Å². The highest BCUT2D eigenvalue weighted by Crippen LogP contribution is 1.79. The zero-order chi connectivity index (χ0) is 8.10. The number of rotatable bonds is 1. The summed E-state index contributed by atoms with van der Waals surface area (Å²) >= 11 is 0. The Hall–Kier alpha value is -1.49. The van der Waals surface area contributed by atoms with Crippen molar-refractivity contribution in [3.05, 3.63) is 34.7 Å². The standard InChI is InChI=1S/C9H9NO/c1-2-3-7-10-8-5-4-6-9(10)11/h4-6,8H,7H2,1H3. The third kappa shape index (κ3) is 1.98. The lowest BCUT2D eigenvalue weighted by atomic mass is 10.4. The van der Waals surface area contributed by atoms with Crippen molar-refractivity contribution in [1.82, 2.24) is 4.57 Å². The molecule has 0 bridgehead atoms. The lowest BCUT2D eigenvalue weighted by Gasteiger charge is -1.96. The second-order valence-electron chi connectivity index (χ2n) is 2.09. The Labute approximate surface area is 65.5 Å². The molecule has 0 amide bonds. The molecule has 0 aliphatic rings. The van der Waals surface area contributed by atoms with Crippen LogP contribution in [0.4, 0.5) is 0 Å². The van der Waals surface area contributed by atoms with Gasteiger partial charge in [0.05, 0.1) is 6.54 Å². The SMILES string of the molecule is CC#CCn1ccccc1=O. The molecule has 1 aromatic rings. The molecule has 1 aromatic heterocycles. The zero-order valence-electron chi connectivity index (χ0n) is 6.37. The summed E-state index contributed by atoms with van der Waals surface area (Å²) in [5.41, 5.74) is -0.00440. The molecular weight excluding hydrogens is 138 g/mol. The van der Waals surface area contributed by atoms with Crippen molar-refractivity contribution in [3.63, 3.8) is 0 Å². The van der Waals surface area contributed by atoms with E-state index in [1.807, 2.05) is 6.07 Å². The predicted octanol–water partition coefficient (Wildman–Crippen LogP) is 0.872. The molecule has 0 aromatic carbocycles. The van der Waals surface area contributed by atoms with Crippen LogP contribution in [0.5, 0.6) is 0 Å². The fourth-order valence-electron chi connectivity index (χ4n) is 0.756. The van der Waals surface area contributed by atoms with Crippen LogP contribution in [0, 0.1) is 11.8 Å². The fraction of sp³-hybridized carbons (Fsp3) is 0.222. The van der Waals surface area contributed by atoms with Crippen LogP contribution >= 0.6 is 0 Å². The normalized spacial score (nSPS) is 8.45. The first-order valence-electron chi connectivity index (χ1n) is 3.39. The van der Waals surface area contributed by atoms with E-state index in [2.05, 4.69) is 11.8 Å². The minimum Gasteiger partial charge on any atom is -0.304 e. The van der Waals surface area contributed by atoms with Gasteiger partial charge < -0.3 is 4.57 Å². The molecule has 0 saturated carbocycles. The number of pyridine rings is 1. The quantitative estimate of drug-likeness (QED) is 0.540. The average Bonchev–Trinajstić information content (AvgIpc) is 2.03. The predicted molar refractivity (Wildman–Crippen MR) is 44.2 cm³/mol. The average molecular weight is 147 g/mol. The highest BCUT2D eigenvalue weighted by Gasteiger charge is 1.87. The van der Waals surface area contributed by atoms with Crippen molar-refractivity contribution in [3.8, 4) is 11.8 Å². The summed E-state index contributed by atoms with van der Waals surface area (Å²) in [6, 6.07) is 5.06.